The van der Waals surface area contributed by atoms with Crippen LogP contribution in [0.5, 0.6) is 0 Å². The van der Waals surface area contributed by atoms with E-state index in [4.69, 9.17) is 4.74 Å². The second-order valence-electron chi connectivity index (χ2n) is 11.1. The molecule has 1 amide bonds. The maximum atomic E-state index is 13.6. The van der Waals surface area contributed by atoms with E-state index in [1.165, 1.54) is 32.8 Å². The van der Waals surface area contributed by atoms with Crippen molar-refractivity contribution in [3.63, 3.8) is 0 Å². The highest BCUT2D eigenvalue weighted by Crippen LogP contribution is 2.62. The number of carbonyl (C=O) groups is 2. The molecule has 4 atom stereocenters. The summed E-state index contributed by atoms with van der Waals surface area (Å²) in [5, 5.41) is 3.17. The van der Waals surface area contributed by atoms with Crippen molar-refractivity contribution >= 4 is 17.6 Å². The number of allylic oxidation sites excluding steroid dienone is 2. The normalized spacial score (nSPS) is 32.2. The molecule has 1 aromatic rings. The Hall–Kier alpha value is -2.10. The first-order valence-electron chi connectivity index (χ1n) is 12.4. The van der Waals surface area contributed by atoms with Gasteiger partial charge in [0.15, 0.2) is 0 Å². The van der Waals surface area contributed by atoms with Crippen molar-refractivity contribution in [1.82, 2.24) is 0 Å². The first-order chi connectivity index (χ1) is 15.2. The predicted molar refractivity (Wildman–Crippen MR) is 128 cm³/mol. The van der Waals surface area contributed by atoms with Crippen LogP contribution in [0.2, 0.25) is 0 Å². The zero-order valence-electron chi connectivity index (χ0n) is 20.4. The lowest BCUT2D eigenvalue weighted by molar-refractivity contribution is -0.135. The first kappa shape index (κ1) is 23.1. The maximum absolute atomic E-state index is 13.6. The Kier molecular flexibility index (Phi) is 6.26. The van der Waals surface area contributed by atoms with Crippen LogP contribution < -0.4 is 5.32 Å². The molecule has 4 heteroatoms. The number of ether oxygens (including phenoxy) is 1. The molecule has 4 rings (SSSR count). The number of methoxy groups -OCH3 is 1. The van der Waals surface area contributed by atoms with Gasteiger partial charge >= 0.3 is 5.97 Å². The highest BCUT2D eigenvalue weighted by molar-refractivity contribution is 5.96. The summed E-state index contributed by atoms with van der Waals surface area (Å²) in [7, 11) is 1.37. The van der Waals surface area contributed by atoms with E-state index in [9.17, 15) is 9.59 Å². The third-order valence-corrected chi connectivity index (χ3v) is 9.08. The van der Waals surface area contributed by atoms with Gasteiger partial charge in [0.25, 0.3) is 0 Å². The number of benzene rings is 1. The van der Waals surface area contributed by atoms with E-state index in [0.29, 0.717) is 11.5 Å². The molecule has 0 saturated heterocycles. The SMILES string of the molecule is COC(=O)c1ccc(NC(=O)[C@]2(C)CCCC3(C)C4=C(CCC32)CC(C(C)C)CC4)cc1. The monoisotopic (exact) mass is 437 g/mol. The smallest absolute Gasteiger partial charge is 0.337 e. The number of amides is 1. The molecule has 1 fully saturated rings. The van der Waals surface area contributed by atoms with Gasteiger partial charge in [0.2, 0.25) is 5.91 Å². The number of fused-ring (bicyclic) bond motifs is 2. The molecule has 4 nitrogen and oxygen atoms in total. The van der Waals surface area contributed by atoms with Crippen molar-refractivity contribution < 1.29 is 14.3 Å². The van der Waals surface area contributed by atoms with E-state index in [1.54, 1.807) is 35.4 Å². The van der Waals surface area contributed by atoms with Gasteiger partial charge in [0.05, 0.1) is 18.1 Å². The average Bonchev–Trinajstić information content (AvgIpc) is 2.78. The van der Waals surface area contributed by atoms with Gasteiger partial charge in [-0.05, 0) is 92.4 Å². The quantitative estimate of drug-likeness (QED) is 0.418. The summed E-state index contributed by atoms with van der Waals surface area (Å²) >= 11 is 0. The van der Waals surface area contributed by atoms with Crippen LogP contribution in [0.4, 0.5) is 5.69 Å². The van der Waals surface area contributed by atoms with Crippen molar-refractivity contribution in [2.24, 2.45) is 28.6 Å². The van der Waals surface area contributed by atoms with Crippen LogP contribution in [-0.4, -0.2) is 19.0 Å². The van der Waals surface area contributed by atoms with E-state index in [1.807, 2.05) is 0 Å². The maximum Gasteiger partial charge on any atom is 0.337 e. The van der Waals surface area contributed by atoms with E-state index in [-0.39, 0.29) is 22.7 Å². The summed E-state index contributed by atoms with van der Waals surface area (Å²) in [6, 6.07) is 7.01. The number of esters is 1. The fraction of sp³-hybridized carbons (Fsp3) is 0.643. The Bertz CT molecular complexity index is 915. The summed E-state index contributed by atoms with van der Waals surface area (Å²) in [6.07, 6.45) is 9.32. The molecule has 174 valence electrons. The molecule has 0 radical (unpaired) electrons. The molecule has 3 unspecified atom stereocenters. The molecule has 0 spiro atoms. The lowest BCUT2D eigenvalue weighted by Gasteiger charge is -2.56. The fourth-order valence-electron chi connectivity index (χ4n) is 7.10. The average molecular weight is 438 g/mol. The minimum absolute atomic E-state index is 0.124. The van der Waals surface area contributed by atoms with E-state index >= 15 is 0 Å². The highest BCUT2D eigenvalue weighted by atomic mass is 16.5. The Morgan fingerprint density at radius 2 is 1.78 bits per heavy atom. The molecule has 1 N–H and O–H groups in total. The Labute approximate surface area is 193 Å². The number of carbonyl (C=O) groups excluding carboxylic acids is 2. The van der Waals surface area contributed by atoms with Crippen LogP contribution >= 0.6 is 0 Å². The van der Waals surface area contributed by atoms with Crippen molar-refractivity contribution in [2.75, 3.05) is 12.4 Å². The van der Waals surface area contributed by atoms with Gasteiger partial charge in [0.1, 0.15) is 0 Å². The second-order valence-corrected chi connectivity index (χ2v) is 11.1. The van der Waals surface area contributed by atoms with Gasteiger partial charge in [-0.15, -0.1) is 0 Å². The molecule has 3 aliphatic carbocycles. The minimum atomic E-state index is -0.374. The minimum Gasteiger partial charge on any atom is -0.465 e. The predicted octanol–water partition coefficient (Wildman–Crippen LogP) is 6.77. The van der Waals surface area contributed by atoms with Crippen molar-refractivity contribution in [3.05, 3.63) is 41.0 Å². The van der Waals surface area contributed by atoms with Gasteiger partial charge < -0.3 is 10.1 Å². The molecule has 32 heavy (non-hydrogen) atoms. The molecule has 3 aliphatic rings. The summed E-state index contributed by atoms with van der Waals surface area (Å²) in [5.41, 5.74) is 4.43. The first-order valence-corrected chi connectivity index (χ1v) is 12.4. The van der Waals surface area contributed by atoms with E-state index in [2.05, 4.69) is 33.0 Å². The molecule has 0 aromatic heterocycles. The summed E-state index contributed by atoms with van der Waals surface area (Å²) < 4.78 is 4.77. The van der Waals surface area contributed by atoms with Crippen molar-refractivity contribution in [2.45, 2.75) is 79.1 Å². The van der Waals surface area contributed by atoms with Crippen molar-refractivity contribution in [1.29, 1.82) is 0 Å². The largest absolute Gasteiger partial charge is 0.465 e. The zero-order valence-corrected chi connectivity index (χ0v) is 20.4. The topological polar surface area (TPSA) is 55.4 Å². The van der Waals surface area contributed by atoms with Gasteiger partial charge in [-0.1, -0.05) is 45.3 Å². The summed E-state index contributed by atoms with van der Waals surface area (Å²) in [4.78, 5) is 25.3. The van der Waals surface area contributed by atoms with Crippen molar-refractivity contribution in [3.8, 4) is 0 Å². The van der Waals surface area contributed by atoms with Crippen LogP contribution in [-0.2, 0) is 9.53 Å². The van der Waals surface area contributed by atoms with E-state index in [0.717, 1.165) is 43.2 Å². The number of nitrogens with one attached hydrogen (secondary N) is 1. The van der Waals surface area contributed by atoms with Gasteiger partial charge in [0, 0.05) is 5.69 Å². The van der Waals surface area contributed by atoms with Crippen LogP contribution in [0.1, 0.15) is 89.4 Å². The number of hydrogen-bond donors (Lipinski definition) is 1. The molecular formula is C28H39NO3. The number of rotatable bonds is 4. The zero-order chi connectivity index (χ0) is 23.1. The molecule has 1 saturated carbocycles. The lowest BCUT2D eigenvalue weighted by Crippen LogP contribution is -2.52. The van der Waals surface area contributed by atoms with Crippen LogP contribution in [0.3, 0.4) is 0 Å². The number of hydrogen-bond acceptors (Lipinski definition) is 3. The van der Waals surface area contributed by atoms with Crippen LogP contribution in [0.15, 0.2) is 35.4 Å². The fourth-order valence-corrected chi connectivity index (χ4v) is 7.10. The second kappa shape index (κ2) is 8.68. The Balaban J connectivity index is 1.55. The molecular weight excluding hydrogens is 398 g/mol. The van der Waals surface area contributed by atoms with Gasteiger partial charge in [-0.2, -0.15) is 0 Å². The van der Waals surface area contributed by atoms with Crippen LogP contribution in [0, 0.1) is 28.6 Å². The third-order valence-electron chi connectivity index (χ3n) is 9.08. The molecule has 0 heterocycles. The number of anilines is 1. The Morgan fingerprint density at radius 3 is 2.44 bits per heavy atom. The molecule has 1 aromatic carbocycles. The van der Waals surface area contributed by atoms with E-state index < -0.39 is 0 Å². The standard InChI is InChI=1S/C28H39NO3/c1-18(2)20-9-13-23-21(17-20)10-14-24-27(23,3)15-6-16-28(24,4)26(31)29-22-11-7-19(8-12-22)25(30)32-5/h7-8,11-12,18,20,24H,6,9-10,13-17H2,1-5H3,(H,29,31)/t20?,24?,27?,28-/m1/s1. The third kappa shape index (κ3) is 3.91. The van der Waals surface area contributed by atoms with Gasteiger partial charge in [-0.3, -0.25) is 4.79 Å². The van der Waals surface area contributed by atoms with Gasteiger partial charge in [-0.25, -0.2) is 4.79 Å². The lowest BCUT2D eigenvalue weighted by atomic mass is 9.48. The summed E-state index contributed by atoms with van der Waals surface area (Å²) in [5.74, 6) is 1.71. The Morgan fingerprint density at radius 1 is 1.06 bits per heavy atom. The highest BCUT2D eigenvalue weighted by Gasteiger charge is 2.55. The molecule has 0 bridgehead atoms. The summed E-state index contributed by atoms with van der Waals surface area (Å²) in [6.45, 7) is 9.38. The van der Waals surface area contributed by atoms with Crippen LogP contribution in [0.25, 0.3) is 0 Å². The molecule has 0 aliphatic heterocycles.